The summed E-state index contributed by atoms with van der Waals surface area (Å²) in [5, 5.41) is 0. The lowest BCUT2D eigenvalue weighted by molar-refractivity contribution is 0.338. The topological polar surface area (TPSA) is 0 Å². The van der Waals surface area contributed by atoms with Crippen molar-refractivity contribution in [3.63, 3.8) is 0 Å². The number of rotatable bonds is 2. The Morgan fingerprint density at radius 3 is 1.13 bits per heavy atom. The van der Waals surface area contributed by atoms with Crippen molar-refractivity contribution in [2.45, 2.75) is 82.1 Å². The van der Waals surface area contributed by atoms with E-state index in [1.807, 2.05) is 13.8 Å². The molecule has 0 aromatic heterocycles. The van der Waals surface area contributed by atoms with Gasteiger partial charge in [0, 0.05) is 0 Å². The van der Waals surface area contributed by atoms with Crippen molar-refractivity contribution >= 4 is 0 Å². The molecule has 96 valence electrons. The second kappa shape index (κ2) is 12.1. The fourth-order valence-corrected chi connectivity index (χ4v) is 0.722. The molecule has 0 bridgehead atoms. The highest BCUT2D eigenvalue weighted by atomic mass is 14.2. The molecule has 0 amide bonds. The van der Waals surface area contributed by atoms with Crippen LogP contribution in [0.3, 0.4) is 0 Å². The standard InChI is InChI=1S/C9H20.C4H10.C2H6/c1-8(2)6-7-9(3,4)5;1-4(2)3;1-2/h8H,6-7H2,1-5H3;4H,1-3H3;1-2H3. The largest absolute Gasteiger partial charge is 0.0683 e. The molecule has 0 nitrogen and oxygen atoms in total. The van der Waals surface area contributed by atoms with E-state index in [-0.39, 0.29) is 0 Å². The van der Waals surface area contributed by atoms with Crippen LogP contribution in [0.5, 0.6) is 0 Å². The molecule has 0 aromatic carbocycles. The van der Waals surface area contributed by atoms with E-state index in [9.17, 15) is 0 Å². The normalized spacial score (nSPS) is 10.4. The van der Waals surface area contributed by atoms with Crippen LogP contribution in [0.15, 0.2) is 0 Å². The lowest BCUT2D eigenvalue weighted by atomic mass is 9.88. The lowest BCUT2D eigenvalue weighted by Gasteiger charge is -2.18. The van der Waals surface area contributed by atoms with Crippen LogP contribution < -0.4 is 0 Å². The zero-order valence-electron chi connectivity index (χ0n) is 13.1. The van der Waals surface area contributed by atoms with E-state index in [1.165, 1.54) is 12.8 Å². The molecular formula is C15H36. The van der Waals surface area contributed by atoms with Gasteiger partial charge in [0.15, 0.2) is 0 Å². The second-order valence-electron chi connectivity index (χ2n) is 6.23. The van der Waals surface area contributed by atoms with Crippen LogP contribution in [0.1, 0.15) is 82.1 Å². The molecule has 0 heteroatoms. The first kappa shape index (κ1) is 20.4. The average Bonchev–Trinajstić information content (AvgIpc) is 2.02. The van der Waals surface area contributed by atoms with Crippen molar-refractivity contribution in [3.05, 3.63) is 0 Å². The minimum absolute atomic E-state index is 0.532. The summed E-state index contributed by atoms with van der Waals surface area (Å²) in [7, 11) is 0. The number of hydrogen-bond acceptors (Lipinski definition) is 0. The summed E-state index contributed by atoms with van der Waals surface area (Å²) in [6, 6.07) is 0. The van der Waals surface area contributed by atoms with E-state index in [2.05, 4.69) is 55.4 Å². The van der Waals surface area contributed by atoms with Gasteiger partial charge in [0.2, 0.25) is 0 Å². The van der Waals surface area contributed by atoms with Gasteiger partial charge in [-0.25, -0.2) is 0 Å². The fourth-order valence-electron chi connectivity index (χ4n) is 0.722. The van der Waals surface area contributed by atoms with Crippen LogP contribution in [0.2, 0.25) is 0 Å². The second-order valence-corrected chi connectivity index (χ2v) is 6.23. The van der Waals surface area contributed by atoms with Crippen molar-refractivity contribution in [3.8, 4) is 0 Å². The third-order valence-electron chi connectivity index (χ3n) is 1.47. The van der Waals surface area contributed by atoms with E-state index >= 15 is 0 Å². The predicted octanol–water partition coefficient (Wildman–Crippen LogP) is 6.16. The minimum atomic E-state index is 0.532. The molecule has 0 rings (SSSR count). The zero-order valence-corrected chi connectivity index (χ0v) is 13.1. The monoisotopic (exact) mass is 216 g/mol. The predicted molar refractivity (Wildman–Crippen MR) is 75.4 cm³/mol. The Hall–Kier alpha value is 0. The van der Waals surface area contributed by atoms with Gasteiger partial charge in [-0.3, -0.25) is 0 Å². The average molecular weight is 216 g/mol. The Bertz CT molecular complexity index is 90.3. The summed E-state index contributed by atoms with van der Waals surface area (Å²) in [6.07, 6.45) is 2.72. The summed E-state index contributed by atoms with van der Waals surface area (Å²) < 4.78 is 0. The first-order valence-electron chi connectivity index (χ1n) is 6.65. The van der Waals surface area contributed by atoms with Crippen LogP contribution in [0.25, 0.3) is 0 Å². The maximum Gasteiger partial charge on any atom is -0.0383 e. The Labute approximate surface area is 99.9 Å². The molecule has 0 heterocycles. The van der Waals surface area contributed by atoms with E-state index in [0.717, 1.165) is 11.8 Å². The van der Waals surface area contributed by atoms with Crippen LogP contribution in [-0.2, 0) is 0 Å². The van der Waals surface area contributed by atoms with Gasteiger partial charge in [-0.2, -0.15) is 0 Å². The SMILES string of the molecule is CC.CC(C)C.CC(C)CCC(C)(C)C. The van der Waals surface area contributed by atoms with Crippen molar-refractivity contribution in [1.82, 2.24) is 0 Å². The number of hydrogen-bond donors (Lipinski definition) is 0. The summed E-state index contributed by atoms with van der Waals surface area (Å²) in [5.41, 5.74) is 0.532. The molecule has 0 aromatic rings. The Morgan fingerprint density at radius 1 is 0.800 bits per heavy atom. The summed E-state index contributed by atoms with van der Waals surface area (Å²) >= 11 is 0. The first-order valence-corrected chi connectivity index (χ1v) is 6.65. The van der Waals surface area contributed by atoms with E-state index in [4.69, 9.17) is 0 Å². The molecule has 0 radical (unpaired) electrons. The van der Waals surface area contributed by atoms with Crippen molar-refractivity contribution < 1.29 is 0 Å². The minimum Gasteiger partial charge on any atom is -0.0683 e. The molecule has 0 spiro atoms. The van der Waals surface area contributed by atoms with E-state index < -0.39 is 0 Å². The van der Waals surface area contributed by atoms with Crippen molar-refractivity contribution in [2.24, 2.45) is 17.3 Å². The maximum absolute atomic E-state index is 2.30. The molecule has 0 aliphatic heterocycles. The molecule has 0 fully saturated rings. The van der Waals surface area contributed by atoms with Gasteiger partial charge >= 0.3 is 0 Å². The Kier molecular flexibility index (Phi) is 16.4. The lowest BCUT2D eigenvalue weighted by Crippen LogP contribution is -2.05. The maximum atomic E-state index is 2.30. The molecule has 0 aliphatic carbocycles. The highest BCUT2D eigenvalue weighted by Gasteiger charge is 2.09. The molecular weight excluding hydrogens is 180 g/mol. The summed E-state index contributed by atoms with van der Waals surface area (Å²) in [5.74, 6) is 1.70. The zero-order chi connectivity index (χ0) is 13.1. The smallest absolute Gasteiger partial charge is 0.0383 e. The Morgan fingerprint density at radius 2 is 1.07 bits per heavy atom. The van der Waals surface area contributed by atoms with Gasteiger partial charge in [0.25, 0.3) is 0 Å². The molecule has 0 aliphatic rings. The van der Waals surface area contributed by atoms with Crippen molar-refractivity contribution in [2.75, 3.05) is 0 Å². The van der Waals surface area contributed by atoms with E-state index in [1.54, 1.807) is 0 Å². The highest BCUT2D eigenvalue weighted by Crippen LogP contribution is 2.22. The molecule has 15 heavy (non-hydrogen) atoms. The molecule has 0 unspecified atom stereocenters. The third kappa shape index (κ3) is 56.0. The van der Waals surface area contributed by atoms with Crippen LogP contribution in [0.4, 0.5) is 0 Å². The van der Waals surface area contributed by atoms with Crippen molar-refractivity contribution in [1.29, 1.82) is 0 Å². The molecule has 0 saturated carbocycles. The highest BCUT2D eigenvalue weighted by molar-refractivity contribution is 4.61. The quantitative estimate of drug-likeness (QED) is 0.519. The van der Waals surface area contributed by atoms with Gasteiger partial charge in [-0.1, -0.05) is 75.7 Å². The van der Waals surface area contributed by atoms with Gasteiger partial charge in [0.1, 0.15) is 0 Å². The van der Waals surface area contributed by atoms with Crippen LogP contribution >= 0.6 is 0 Å². The first-order chi connectivity index (χ1) is 6.65. The van der Waals surface area contributed by atoms with Gasteiger partial charge in [-0.05, 0) is 23.7 Å². The third-order valence-corrected chi connectivity index (χ3v) is 1.47. The van der Waals surface area contributed by atoms with Crippen LogP contribution in [0, 0.1) is 17.3 Å². The molecule has 0 saturated heterocycles. The Balaban J connectivity index is -0.000000202. The van der Waals surface area contributed by atoms with E-state index in [0.29, 0.717) is 5.41 Å². The van der Waals surface area contributed by atoms with Crippen LogP contribution in [-0.4, -0.2) is 0 Å². The van der Waals surface area contributed by atoms with Gasteiger partial charge in [0.05, 0.1) is 0 Å². The molecule has 0 atom stereocenters. The van der Waals surface area contributed by atoms with Gasteiger partial charge < -0.3 is 0 Å². The summed E-state index contributed by atoms with van der Waals surface area (Å²) in [4.78, 5) is 0. The molecule has 0 N–H and O–H groups in total. The fraction of sp³-hybridized carbons (Fsp3) is 1.00. The summed E-state index contributed by atoms with van der Waals surface area (Å²) in [6.45, 7) is 22.0. The van der Waals surface area contributed by atoms with Gasteiger partial charge in [-0.15, -0.1) is 0 Å².